The number of carbonyl (C=O) groups is 3. The van der Waals surface area contributed by atoms with Gasteiger partial charge < -0.3 is 39.0 Å². The number of aliphatic hydroxyl groups is 3. The van der Waals surface area contributed by atoms with Crippen molar-refractivity contribution in [3.8, 4) is 12.3 Å². The highest BCUT2D eigenvalue weighted by atomic mass is 16.7. The summed E-state index contributed by atoms with van der Waals surface area (Å²) < 4.78 is 30.3. The average Bonchev–Trinajstić information content (AvgIpc) is 3.00. The fourth-order valence-corrected chi connectivity index (χ4v) is 6.70. The molecule has 2 aliphatic heterocycles. The first-order chi connectivity index (χ1) is 21.3. The van der Waals surface area contributed by atoms with E-state index in [1.54, 1.807) is 20.8 Å². The molecule has 13 atom stereocenters. The van der Waals surface area contributed by atoms with Crippen molar-refractivity contribution >= 4 is 17.7 Å². The van der Waals surface area contributed by atoms with E-state index in [4.69, 9.17) is 30.1 Å². The molecule has 0 radical (unpaired) electrons. The van der Waals surface area contributed by atoms with Crippen LogP contribution in [0.5, 0.6) is 0 Å². The van der Waals surface area contributed by atoms with Crippen LogP contribution in [-0.2, 0) is 38.1 Å². The van der Waals surface area contributed by atoms with E-state index >= 15 is 0 Å². The number of likely N-dealkylation sites (N-methyl/N-ethyl adjacent to an activating group) is 1. The quantitative estimate of drug-likeness (QED) is 0.259. The molecule has 264 valence electrons. The van der Waals surface area contributed by atoms with Gasteiger partial charge in [-0.3, -0.25) is 19.3 Å². The van der Waals surface area contributed by atoms with Crippen LogP contribution in [0, 0.1) is 30.1 Å². The third-order valence-electron chi connectivity index (χ3n) is 9.91. The number of methoxy groups -OCH3 is 1. The zero-order chi connectivity index (χ0) is 35.1. The number of terminal acetylenes is 1. The molecule has 2 saturated heterocycles. The maximum absolute atomic E-state index is 13.7. The van der Waals surface area contributed by atoms with Gasteiger partial charge in [0.15, 0.2) is 12.4 Å². The molecule has 0 amide bonds. The number of hydrogen-bond donors (Lipinski definition) is 3. The third kappa shape index (κ3) is 9.49. The van der Waals surface area contributed by atoms with Crippen molar-refractivity contribution in [3.63, 3.8) is 0 Å². The molecule has 0 bridgehead atoms. The van der Waals surface area contributed by atoms with Crippen molar-refractivity contribution in [1.29, 1.82) is 0 Å². The summed E-state index contributed by atoms with van der Waals surface area (Å²) in [5, 5.41) is 33.9. The van der Waals surface area contributed by atoms with E-state index in [1.807, 2.05) is 18.9 Å². The molecule has 2 heterocycles. The van der Waals surface area contributed by atoms with Crippen molar-refractivity contribution in [2.45, 2.75) is 148 Å². The Kier molecular flexibility index (Phi) is 14.7. The third-order valence-corrected chi connectivity index (χ3v) is 9.91. The Morgan fingerprint density at radius 1 is 1.13 bits per heavy atom. The van der Waals surface area contributed by atoms with Gasteiger partial charge in [0.05, 0.1) is 42.0 Å². The molecular formula is C34H57NO11. The lowest BCUT2D eigenvalue weighted by molar-refractivity contribution is -0.296. The summed E-state index contributed by atoms with van der Waals surface area (Å²) >= 11 is 0. The van der Waals surface area contributed by atoms with Gasteiger partial charge >= 0.3 is 11.9 Å². The largest absolute Gasteiger partial charge is 0.459 e. The predicted molar refractivity (Wildman–Crippen MR) is 169 cm³/mol. The van der Waals surface area contributed by atoms with Crippen molar-refractivity contribution < 1.29 is 53.4 Å². The number of ketones is 1. The van der Waals surface area contributed by atoms with Gasteiger partial charge in [-0.2, -0.15) is 0 Å². The standard InChI is InChI=1S/C34H57NO11/c1-12-14-15-35(10)24-16-20(4)43-32(29(24)44-23(7)36)46-27-17-25(37)21(5)31(40)45-26(13-2)34(9,41)30(39)22(6)28(38)19(3)18-33(27,8)42-11/h1,19-22,24-27,29-30,32,37,39,41H,13-18H2,2-11H3/t19-,20-,21-,22+,24+,25+,26-,27-,29-,30-,32+,33-,34-/m1/s1. The number of aliphatic hydroxyl groups excluding tert-OH is 2. The molecule has 0 aliphatic carbocycles. The number of ether oxygens (including phenoxy) is 5. The molecule has 0 aromatic heterocycles. The summed E-state index contributed by atoms with van der Waals surface area (Å²) in [6.45, 7) is 13.2. The van der Waals surface area contributed by atoms with E-state index in [0.717, 1.165) is 0 Å². The maximum Gasteiger partial charge on any atom is 0.311 e. The molecular weight excluding hydrogens is 598 g/mol. The Hall–Kier alpha value is -2.11. The SMILES string of the molecule is C#CCCN(C)[C@H]1C[C@@H](C)O[C@@H](O[C@@H]2C[C@H](O)[C@@H](C)C(=O)O[C@H](CC)[C@@](C)(O)[C@H](O)[C@@H](C)C(=O)[C@H](C)C[C@@]2(C)OC)[C@@H]1OC(C)=O. The van der Waals surface area contributed by atoms with Crippen LogP contribution in [0.25, 0.3) is 0 Å². The summed E-state index contributed by atoms with van der Waals surface area (Å²) in [6.07, 6.45) is -0.590. The number of carbonyl (C=O) groups excluding carboxylic acids is 3. The molecule has 12 nitrogen and oxygen atoms in total. The van der Waals surface area contributed by atoms with E-state index in [9.17, 15) is 29.7 Å². The van der Waals surface area contributed by atoms with Crippen LogP contribution < -0.4 is 0 Å². The van der Waals surface area contributed by atoms with E-state index in [0.29, 0.717) is 19.4 Å². The number of esters is 2. The molecule has 0 aromatic rings. The molecule has 0 spiro atoms. The minimum absolute atomic E-state index is 0.0982. The average molecular weight is 656 g/mol. The van der Waals surface area contributed by atoms with Crippen molar-refractivity contribution in [1.82, 2.24) is 4.90 Å². The first kappa shape index (κ1) is 40.1. The van der Waals surface area contributed by atoms with E-state index in [-0.39, 0.29) is 37.2 Å². The Morgan fingerprint density at radius 3 is 2.30 bits per heavy atom. The van der Waals surface area contributed by atoms with Gasteiger partial charge in [-0.25, -0.2) is 0 Å². The lowest BCUT2D eigenvalue weighted by atomic mass is 9.76. The van der Waals surface area contributed by atoms with Gasteiger partial charge in [-0.1, -0.05) is 20.8 Å². The van der Waals surface area contributed by atoms with Gasteiger partial charge in [0.25, 0.3) is 0 Å². The van der Waals surface area contributed by atoms with Crippen LogP contribution in [0.4, 0.5) is 0 Å². The summed E-state index contributed by atoms with van der Waals surface area (Å²) in [4.78, 5) is 41.3. The number of rotatable bonds is 8. The van der Waals surface area contributed by atoms with Crippen LogP contribution in [0.15, 0.2) is 0 Å². The van der Waals surface area contributed by atoms with Gasteiger partial charge in [0.1, 0.15) is 17.5 Å². The normalized spacial score (nSPS) is 41.7. The van der Waals surface area contributed by atoms with Gasteiger partial charge in [-0.05, 0) is 54.0 Å². The second-order valence-electron chi connectivity index (χ2n) is 13.7. The Balaban J connectivity index is 2.60. The van der Waals surface area contributed by atoms with E-state index in [1.165, 1.54) is 34.8 Å². The fraction of sp³-hybridized carbons (Fsp3) is 0.853. The second-order valence-corrected chi connectivity index (χ2v) is 13.7. The van der Waals surface area contributed by atoms with Crippen LogP contribution >= 0.6 is 0 Å². The van der Waals surface area contributed by atoms with Crippen LogP contribution in [0.2, 0.25) is 0 Å². The van der Waals surface area contributed by atoms with Crippen molar-refractivity contribution in [2.24, 2.45) is 17.8 Å². The lowest BCUT2D eigenvalue weighted by Gasteiger charge is -2.47. The topological polar surface area (TPSA) is 161 Å². The van der Waals surface area contributed by atoms with E-state index in [2.05, 4.69) is 5.92 Å². The molecule has 46 heavy (non-hydrogen) atoms. The smallest absolute Gasteiger partial charge is 0.311 e. The molecule has 0 saturated carbocycles. The molecule has 3 N–H and O–H groups in total. The van der Waals surface area contributed by atoms with Crippen molar-refractivity contribution in [2.75, 3.05) is 20.7 Å². The van der Waals surface area contributed by atoms with E-state index < -0.39 is 77.7 Å². The number of cyclic esters (lactones) is 1. The van der Waals surface area contributed by atoms with Gasteiger partial charge in [-0.15, -0.1) is 12.3 Å². The summed E-state index contributed by atoms with van der Waals surface area (Å²) in [5.74, 6) is -1.79. The summed E-state index contributed by atoms with van der Waals surface area (Å²) in [6, 6.07) is -0.307. The molecule has 0 unspecified atom stereocenters. The Bertz CT molecular complexity index is 1080. The minimum Gasteiger partial charge on any atom is -0.459 e. The number of nitrogens with zero attached hydrogens (tertiary/aromatic N) is 1. The maximum atomic E-state index is 13.7. The van der Waals surface area contributed by atoms with Crippen LogP contribution in [-0.4, -0.2) is 119 Å². The molecule has 2 aliphatic rings. The summed E-state index contributed by atoms with van der Waals surface area (Å²) in [5.41, 5.74) is -3.17. The lowest BCUT2D eigenvalue weighted by Crippen LogP contribution is -2.60. The monoisotopic (exact) mass is 655 g/mol. The van der Waals surface area contributed by atoms with Gasteiger partial charge in [0.2, 0.25) is 0 Å². The van der Waals surface area contributed by atoms with Gasteiger partial charge in [0, 0.05) is 45.3 Å². The molecule has 2 rings (SSSR count). The Labute approximate surface area is 274 Å². The second kappa shape index (κ2) is 16.8. The molecule has 0 aromatic carbocycles. The molecule has 2 fully saturated rings. The fourth-order valence-electron chi connectivity index (χ4n) is 6.70. The summed E-state index contributed by atoms with van der Waals surface area (Å²) in [7, 11) is 3.34. The number of hydrogen-bond acceptors (Lipinski definition) is 12. The highest BCUT2D eigenvalue weighted by Gasteiger charge is 2.50. The number of Topliss-reactive ketones (excluding diaryl/α,β-unsaturated/α-hetero) is 1. The Morgan fingerprint density at radius 2 is 1.76 bits per heavy atom. The predicted octanol–water partition coefficient (Wildman–Crippen LogP) is 2.23. The zero-order valence-corrected chi connectivity index (χ0v) is 29.2. The van der Waals surface area contributed by atoms with Crippen molar-refractivity contribution in [3.05, 3.63) is 0 Å². The molecule has 12 heteroatoms. The van der Waals surface area contributed by atoms with Crippen LogP contribution in [0.1, 0.15) is 87.5 Å². The highest BCUT2D eigenvalue weighted by molar-refractivity contribution is 5.83. The minimum atomic E-state index is -1.94. The highest BCUT2D eigenvalue weighted by Crippen LogP contribution is 2.37. The van der Waals surface area contributed by atoms with Crippen LogP contribution in [0.3, 0.4) is 0 Å². The first-order valence-electron chi connectivity index (χ1n) is 16.3. The first-order valence-corrected chi connectivity index (χ1v) is 16.3. The zero-order valence-electron chi connectivity index (χ0n) is 29.2.